The Hall–Kier alpha value is -1.45. The molecule has 0 spiro atoms. The molecule has 1 aliphatic rings. The van der Waals surface area contributed by atoms with Crippen LogP contribution in [0.25, 0.3) is 0 Å². The van der Waals surface area contributed by atoms with Gasteiger partial charge in [-0.05, 0) is 18.2 Å². The maximum absolute atomic E-state index is 12.7. The van der Waals surface area contributed by atoms with Gasteiger partial charge in [-0.15, -0.1) is 0 Å². The van der Waals surface area contributed by atoms with Crippen LogP contribution in [0.5, 0.6) is 5.75 Å². The van der Waals surface area contributed by atoms with Crippen LogP contribution in [0.2, 0.25) is 0 Å². The zero-order valence-electron chi connectivity index (χ0n) is 6.59. The number of carbonyl (C=O) groups is 1. The third kappa shape index (κ3) is 1.39. The average molecular weight is 184 g/mol. The van der Waals surface area contributed by atoms with Crippen molar-refractivity contribution < 1.29 is 18.3 Å². The van der Waals surface area contributed by atoms with Crippen molar-refractivity contribution >= 4 is 6.29 Å². The van der Waals surface area contributed by atoms with Crippen LogP contribution in [-0.4, -0.2) is 12.4 Å². The molecule has 13 heavy (non-hydrogen) atoms. The lowest BCUT2D eigenvalue weighted by Crippen LogP contribution is -2.20. The maximum Gasteiger partial charge on any atom is 0.402 e. The lowest BCUT2D eigenvalue weighted by molar-refractivity contribution is -0.159. The fourth-order valence-electron chi connectivity index (χ4n) is 1.33. The summed E-state index contributed by atoms with van der Waals surface area (Å²) < 4.78 is 29.7. The molecule has 68 valence electrons. The molecule has 2 rings (SSSR count). The highest BCUT2D eigenvalue weighted by molar-refractivity contribution is 5.75. The van der Waals surface area contributed by atoms with Crippen LogP contribution in [0, 0.1) is 0 Å². The Kier molecular flexibility index (Phi) is 1.58. The fraction of sp³-hybridized carbons (Fsp3) is 0.222. The van der Waals surface area contributed by atoms with E-state index in [1.807, 2.05) is 0 Å². The number of rotatable bonds is 1. The minimum atomic E-state index is -3.12. The van der Waals surface area contributed by atoms with E-state index in [9.17, 15) is 13.6 Å². The van der Waals surface area contributed by atoms with E-state index in [1.165, 1.54) is 18.2 Å². The number of aldehydes is 1. The van der Waals surface area contributed by atoms with E-state index in [0.717, 1.165) is 0 Å². The molecule has 1 aromatic carbocycles. The standard InChI is InChI=1S/C9H6F2O2/c10-9(11)4-7-3-6(5-12)1-2-8(7)13-9/h1-3,5H,4H2. The minimum absolute atomic E-state index is 0.163. The summed E-state index contributed by atoms with van der Waals surface area (Å²) in [6.07, 6.45) is -2.95. The van der Waals surface area contributed by atoms with E-state index in [-0.39, 0.29) is 5.75 Å². The first-order valence-corrected chi connectivity index (χ1v) is 3.76. The average Bonchev–Trinajstić information content (AvgIpc) is 2.36. The molecule has 4 heteroatoms. The molecular formula is C9H6F2O2. The normalized spacial score (nSPS) is 17.7. The van der Waals surface area contributed by atoms with Crippen LogP contribution < -0.4 is 4.74 Å². The molecule has 0 atom stereocenters. The van der Waals surface area contributed by atoms with Crippen LogP contribution in [0.3, 0.4) is 0 Å². The Morgan fingerprint density at radius 2 is 2.23 bits per heavy atom. The van der Waals surface area contributed by atoms with Gasteiger partial charge >= 0.3 is 6.11 Å². The SMILES string of the molecule is O=Cc1ccc2c(c1)CC(F)(F)O2. The predicted molar refractivity (Wildman–Crippen MR) is 41.1 cm³/mol. The first-order valence-electron chi connectivity index (χ1n) is 3.76. The highest BCUT2D eigenvalue weighted by Gasteiger charge is 2.39. The predicted octanol–water partition coefficient (Wildman–Crippen LogP) is 2.03. The number of hydrogen-bond donors (Lipinski definition) is 0. The second-order valence-corrected chi connectivity index (χ2v) is 2.90. The molecule has 2 nitrogen and oxygen atoms in total. The van der Waals surface area contributed by atoms with Crippen molar-refractivity contribution in [3.63, 3.8) is 0 Å². The van der Waals surface area contributed by atoms with Crippen molar-refractivity contribution in [3.05, 3.63) is 29.3 Å². The van der Waals surface area contributed by atoms with Crippen LogP contribution in [0.4, 0.5) is 8.78 Å². The molecule has 0 N–H and O–H groups in total. The third-order valence-corrected chi connectivity index (χ3v) is 1.88. The smallest absolute Gasteiger partial charge is 0.402 e. The van der Waals surface area contributed by atoms with Crippen LogP contribution in [0.1, 0.15) is 15.9 Å². The van der Waals surface area contributed by atoms with Gasteiger partial charge in [-0.1, -0.05) is 0 Å². The van der Waals surface area contributed by atoms with Crippen molar-refractivity contribution in [1.82, 2.24) is 0 Å². The molecule has 1 aliphatic heterocycles. The summed E-state index contributed by atoms with van der Waals surface area (Å²) in [6, 6.07) is 4.26. The third-order valence-electron chi connectivity index (χ3n) is 1.88. The van der Waals surface area contributed by atoms with Crippen molar-refractivity contribution in [1.29, 1.82) is 0 Å². The Labute approximate surface area is 73.1 Å². The summed E-state index contributed by atoms with van der Waals surface area (Å²) in [5, 5.41) is 0. The molecule has 0 saturated heterocycles. The zero-order chi connectivity index (χ0) is 9.47. The first kappa shape index (κ1) is 8.16. The van der Waals surface area contributed by atoms with Crippen molar-refractivity contribution in [2.75, 3.05) is 0 Å². The summed E-state index contributed by atoms with van der Waals surface area (Å²) in [5.74, 6) is 0.163. The maximum atomic E-state index is 12.7. The number of ether oxygens (including phenoxy) is 1. The van der Waals surface area contributed by atoms with Gasteiger partial charge in [-0.3, -0.25) is 4.79 Å². The molecule has 0 aliphatic carbocycles. The number of halogens is 2. The number of benzene rings is 1. The van der Waals surface area contributed by atoms with E-state index in [1.54, 1.807) is 0 Å². The van der Waals surface area contributed by atoms with Crippen molar-refractivity contribution in [2.24, 2.45) is 0 Å². The number of carbonyl (C=O) groups excluding carboxylic acids is 1. The fourth-order valence-corrected chi connectivity index (χ4v) is 1.33. The molecule has 0 radical (unpaired) electrons. The van der Waals surface area contributed by atoms with Gasteiger partial charge in [0.05, 0.1) is 6.42 Å². The van der Waals surface area contributed by atoms with Gasteiger partial charge in [0.25, 0.3) is 0 Å². The topological polar surface area (TPSA) is 26.3 Å². The van der Waals surface area contributed by atoms with Gasteiger partial charge in [-0.25, -0.2) is 0 Å². The van der Waals surface area contributed by atoms with Crippen LogP contribution in [0.15, 0.2) is 18.2 Å². The van der Waals surface area contributed by atoms with Gasteiger partial charge < -0.3 is 4.74 Å². The van der Waals surface area contributed by atoms with Crippen molar-refractivity contribution in [2.45, 2.75) is 12.5 Å². The summed E-state index contributed by atoms with van der Waals surface area (Å²) in [4.78, 5) is 10.3. The minimum Gasteiger partial charge on any atom is -0.432 e. The van der Waals surface area contributed by atoms with E-state index in [4.69, 9.17) is 0 Å². The Balaban J connectivity index is 2.41. The highest BCUT2D eigenvalue weighted by atomic mass is 19.3. The molecule has 1 heterocycles. The Morgan fingerprint density at radius 3 is 2.92 bits per heavy atom. The lowest BCUT2D eigenvalue weighted by atomic mass is 10.1. The van der Waals surface area contributed by atoms with Gasteiger partial charge in [0.2, 0.25) is 0 Å². The lowest BCUT2D eigenvalue weighted by Gasteiger charge is -2.06. The molecular weight excluding hydrogens is 178 g/mol. The van der Waals surface area contributed by atoms with Gasteiger partial charge in [0, 0.05) is 11.1 Å². The molecule has 0 amide bonds. The molecule has 1 aromatic rings. The zero-order valence-corrected chi connectivity index (χ0v) is 6.59. The molecule has 0 saturated carbocycles. The monoisotopic (exact) mass is 184 g/mol. The number of fused-ring (bicyclic) bond motifs is 1. The molecule has 0 aromatic heterocycles. The van der Waals surface area contributed by atoms with E-state index >= 15 is 0 Å². The second kappa shape index (κ2) is 2.52. The van der Waals surface area contributed by atoms with Crippen molar-refractivity contribution in [3.8, 4) is 5.75 Å². The molecule has 0 bridgehead atoms. The first-order chi connectivity index (χ1) is 6.11. The van der Waals surface area contributed by atoms with Gasteiger partial charge in [0.1, 0.15) is 12.0 Å². The van der Waals surface area contributed by atoms with E-state index in [0.29, 0.717) is 17.4 Å². The van der Waals surface area contributed by atoms with Crippen LogP contribution >= 0.6 is 0 Å². The largest absolute Gasteiger partial charge is 0.432 e. The summed E-state index contributed by atoms with van der Waals surface area (Å²) in [6.45, 7) is 0. The molecule has 0 fully saturated rings. The highest BCUT2D eigenvalue weighted by Crippen LogP contribution is 2.37. The second-order valence-electron chi connectivity index (χ2n) is 2.90. The Bertz CT molecular complexity index is 361. The van der Waals surface area contributed by atoms with E-state index in [2.05, 4.69) is 4.74 Å². The van der Waals surface area contributed by atoms with Gasteiger partial charge in [-0.2, -0.15) is 8.78 Å². The summed E-state index contributed by atoms with van der Waals surface area (Å²) in [7, 11) is 0. The molecule has 0 unspecified atom stereocenters. The quantitative estimate of drug-likeness (QED) is 0.624. The summed E-state index contributed by atoms with van der Waals surface area (Å²) >= 11 is 0. The number of hydrogen-bond acceptors (Lipinski definition) is 2. The van der Waals surface area contributed by atoms with E-state index < -0.39 is 12.5 Å². The number of alkyl halides is 2. The summed E-state index contributed by atoms with van der Waals surface area (Å²) in [5.41, 5.74) is 0.773. The Morgan fingerprint density at radius 1 is 1.46 bits per heavy atom. The van der Waals surface area contributed by atoms with Gasteiger partial charge in [0.15, 0.2) is 0 Å². The van der Waals surface area contributed by atoms with Crippen LogP contribution in [-0.2, 0) is 6.42 Å².